The van der Waals surface area contributed by atoms with E-state index in [1.54, 1.807) is 6.92 Å². The minimum absolute atomic E-state index is 0.175. The first kappa shape index (κ1) is 24.0. The molecule has 0 saturated carbocycles. The lowest BCUT2D eigenvalue weighted by Crippen LogP contribution is -2.47. The average Bonchev–Trinajstić information content (AvgIpc) is 2.67. The molecule has 0 fully saturated rings. The van der Waals surface area contributed by atoms with Gasteiger partial charge < -0.3 is 19.5 Å². The molecule has 0 bridgehead atoms. The Hall–Kier alpha value is -3.04. The molecule has 10 heteroatoms. The number of amides is 1. The van der Waals surface area contributed by atoms with E-state index in [0.717, 1.165) is 18.2 Å². The zero-order chi connectivity index (χ0) is 22.0. The van der Waals surface area contributed by atoms with Crippen LogP contribution in [0.15, 0.2) is 30.3 Å². The first-order chi connectivity index (χ1) is 13.6. The summed E-state index contributed by atoms with van der Waals surface area (Å²) >= 11 is 0. The van der Waals surface area contributed by atoms with E-state index in [2.05, 4.69) is 14.8 Å². The third-order valence-corrected chi connectivity index (χ3v) is 3.86. The van der Waals surface area contributed by atoms with Gasteiger partial charge in [0.1, 0.15) is 11.8 Å². The Balaban J connectivity index is 2.53. The quantitative estimate of drug-likeness (QED) is 0.491. The predicted molar refractivity (Wildman–Crippen MR) is 96.5 cm³/mol. The fraction of sp³-hybridized carbons (Fsp3) is 0.421. The van der Waals surface area contributed by atoms with Crippen molar-refractivity contribution in [1.29, 1.82) is 0 Å². The molecule has 0 heterocycles. The lowest BCUT2D eigenvalue weighted by atomic mass is 9.99. The highest BCUT2D eigenvalue weighted by atomic mass is 19.4. The molecule has 7 nitrogen and oxygen atoms in total. The molecule has 1 rings (SSSR count). The van der Waals surface area contributed by atoms with Crippen LogP contribution >= 0.6 is 0 Å². The normalized spacial score (nSPS) is 13.4. The molecule has 1 amide bonds. The predicted octanol–water partition coefficient (Wildman–Crippen LogP) is 2.85. The molecular weight excluding hydrogens is 395 g/mol. The van der Waals surface area contributed by atoms with Crippen molar-refractivity contribution in [2.45, 2.75) is 32.7 Å². The number of hydrogen-bond donors (Lipinski definition) is 1. The summed E-state index contributed by atoms with van der Waals surface area (Å²) in [6.07, 6.45) is -1.85. The van der Waals surface area contributed by atoms with Crippen LogP contribution < -0.4 is 10.1 Å². The molecule has 0 aliphatic carbocycles. The van der Waals surface area contributed by atoms with Crippen LogP contribution in [0, 0.1) is 5.92 Å². The highest BCUT2D eigenvalue weighted by Crippen LogP contribution is 2.23. The number of hydrogen-bond acceptors (Lipinski definition) is 6. The number of benzene rings is 1. The van der Waals surface area contributed by atoms with E-state index in [1.807, 2.05) is 6.92 Å². The Morgan fingerprint density at radius 3 is 2.31 bits per heavy atom. The van der Waals surface area contributed by atoms with E-state index in [-0.39, 0.29) is 5.92 Å². The van der Waals surface area contributed by atoms with Crippen LogP contribution in [0.5, 0.6) is 5.75 Å². The van der Waals surface area contributed by atoms with E-state index in [1.165, 1.54) is 25.3 Å². The molecule has 0 aliphatic rings. The number of alkyl halides is 3. The second-order valence-electron chi connectivity index (χ2n) is 6.01. The summed E-state index contributed by atoms with van der Waals surface area (Å²) in [5.74, 6) is -2.68. The number of esters is 2. The molecule has 1 aromatic rings. The van der Waals surface area contributed by atoms with Crippen LogP contribution in [0.25, 0.3) is 6.08 Å². The lowest BCUT2D eigenvalue weighted by molar-refractivity contribution is -0.274. The molecule has 1 N–H and O–H groups in total. The number of methoxy groups -OCH3 is 1. The van der Waals surface area contributed by atoms with E-state index in [0.29, 0.717) is 12.0 Å². The maximum atomic E-state index is 12.1. The Kier molecular flexibility index (Phi) is 9.17. The van der Waals surface area contributed by atoms with Crippen molar-refractivity contribution in [3.8, 4) is 5.75 Å². The van der Waals surface area contributed by atoms with Crippen molar-refractivity contribution in [3.63, 3.8) is 0 Å². The zero-order valence-corrected chi connectivity index (χ0v) is 16.1. The van der Waals surface area contributed by atoms with Crippen molar-refractivity contribution >= 4 is 23.9 Å². The highest BCUT2D eigenvalue weighted by Gasteiger charge is 2.31. The van der Waals surface area contributed by atoms with Crippen molar-refractivity contribution in [2.24, 2.45) is 5.92 Å². The summed E-state index contributed by atoms with van der Waals surface area (Å²) in [7, 11) is 1.20. The van der Waals surface area contributed by atoms with E-state index in [4.69, 9.17) is 4.74 Å². The number of rotatable bonds is 9. The fourth-order valence-corrected chi connectivity index (χ4v) is 2.14. The summed E-state index contributed by atoms with van der Waals surface area (Å²) in [5, 5.41) is 2.45. The molecule has 0 aromatic heterocycles. The third-order valence-electron chi connectivity index (χ3n) is 3.86. The molecule has 0 aliphatic heterocycles. The number of carbonyl (C=O) groups is 3. The largest absolute Gasteiger partial charge is 0.573 e. The first-order valence-electron chi connectivity index (χ1n) is 8.63. The van der Waals surface area contributed by atoms with Gasteiger partial charge in [-0.3, -0.25) is 4.79 Å². The molecule has 29 heavy (non-hydrogen) atoms. The van der Waals surface area contributed by atoms with Crippen molar-refractivity contribution in [1.82, 2.24) is 5.32 Å². The van der Waals surface area contributed by atoms with Gasteiger partial charge in [-0.15, -0.1) is 13.2 Å². The average molecular weight is 417 g/mol. The summed E-state index contributed by atoms with van der Waals surface area (Å²) < 4.78 is 49.4. The smallest absolute Gasteiger partial charge is 0.467 e. The molecule has 0 radical (unpaired) electrons. The first-order valence-corrected chi connectivity index (χ1v) is 8.63. The van der Waals surface area contributed by atoms with Gasteiger partial charge in [-0.05, 0) is 29.7 Å². The maximum Gasteiger partial charge on any atom is 0.573 e. The lowest BCUT2D eigenvalue weighted by Gasteiger charge is -2.21. The molecular formula is C19H22F3NO6. The molecule has 0 unspecified atom stereocenters. The summed E-state index contributed by atoms with van der Waals surface area (Å²) in [6, 6.07) is 3.95. The highest BCUT2D eigenvalue weighted by molar-refractivity contribution is 5.90. The SMILES string of the molecule is CC[C@H](C)[C@@H](NC(=O)COC(=O)/C=C/c1ccc(OC(F)(F)F)cc1)C(=O)OC. The molecule has 0 saturated heterocycles. The van der Waals surface area contributed by atoms with Gasteiger partial charge >= 0.3 is 18.3 Å². The maximum absolute atomic E-state index is 12.1. The second-order valence-corrected chi connectivity index (χ2v) is 6.01. The van der Waals surface area contributed by atoms with Crippen molar-refractivity contribution in [2.75, 3.05) is 13.7 Å². The van der Waals surface area contributed by atoms with Crippen LogP contribution in [0.3, 0.4) is 0 Å². The van der Waals surface area contributed by atoms with Gasteiger partial charge in [-0.1, -0.05) is 32.4 Å². The third kappa shape index (κ3) is 9.13. The molecule has 160 valence electrons. The van der Waals surface area contributed by atoms with Gasteiger partial charge in [-0.25, -0.2) is 9.59 Å². The van der Waals surface area contributed by atoms with Crippen LogP contribution in [0.2, 0.25) is 0 Å². The van der Waals surface area contributed by atoms with Gasteiger partial charge in [0.05, 0.1) is 7.11 Å². The summed E-state index contributed by atoms with van der Waals surface area (Å²) in [5.41, 5.74) is 0.420. The number of halogens is 3. The topological polar surface area (TPSA) is 90.9 Å². The number of nitrogens with one attached hydrogen (secondary N) is 1. The minimum Gasteiger partial charge on any atom is -0.467 e. The summed E-state index contributed by atoms with van der Waals surface area (Å²) in [6.45, 7) is 3.01. The van der Waals surface area contributed by atoms with E-state index in [9.17, 15) is 27.6 Å². The monoisotopic (exact) mass is 417 g/mol. The molecule has 2 atom stereocenters. The fourth-order valence-electron chi connectivity index (χ4n) is 2.14. The Morgan fingerprint density at radius 2 is 1.79 bits per heavy atom. The van der Waals surface area contributed by atoms with Crippen LogP contribution in [-0.2, 0) is 23.9 Å². The van der Waals surface area contributed by atoms with Gasteiger partial charge in [0.15, 0.2) is 6.61 Å². The van der Waals surface area contributed by atoms with Gasteiger partial charge in [0.2, 0.25) is 0 Å². The number of ether oxygens (including phenoxy) is 3. The Morgan fingerprint density at radius 1 is 1.17 bits per heavy atom. The van der Waals surface area contributed by atoms with Crippen LogP contribution in [0.4, 0.5) is 13.2 Å². The van der Waals surface area contributed by atoms with Crippen molar-refractivity contribution < 1.29 is 41.8 Å². The van der Waals surface area contributed by atoms with E-state index >= 15 is 0 Å². The molecule has 0 spiro atoms. The summed E-state index contributed by atoms with van der Waals surface area (Å²) in [4.78, 5) is 35.3. The number of carbonyl (C=O) groups excluding carboxylic acids is 3. The second kappa shape index (κ2) is 11.1. The standard InChI is InChI=1S/C19H22F3NO6/c1-4-12(2)17(18(26)27-3)23-15(24)11-28-16(25)10-7-13-5-8-14(9-6-13)29-19(20,21)22/h5-10,12,17H,4,11H2,1-3H3,(H,23,24)/b10-7+/t12-,17+/m0/s1. The van der Waals surface area contributed by atoms with Gasteiger partial charge in [0, 0.05) is 6.08 Å². The Labute approximate surface area is 165 Å². The molecule has 1 aromatic carbocycles. The van der Waals surface area contributed by atoms with E-state index < -0.39 is 42.6 Å². The van der Waals surface area contributed by atoms with Crippen LogP contribution in [0.1, 0.15) is 25.8 Å². The van der Waals surface area contributed by atoms with Crippen LogP contribution in [-0.4, -0.2) is 44.0 Å². The minimum atomic E-state index is -4.79. The zero-order valence-electron chi connectivity index (χ0n) is 16.1. The van der Waals surface area contributed by atoms with Gasteiger partial charge in [0.25, 0.3) is 5.91 Å². The Bertz CT molecular complexity index is 730. The van der Waals surface area contributed by atoms with Gasteiger partial charge in [-0.2, -0.15) is 0 Å². The van der Waals surface area contributed by atoms with Crippen molar-refractivity contribution in [3.05, 3.63) is 35.9 Å².